The van der Waals surface area contributed by atoms with Gasteiger partial charge in [-0.15, -0.1) is 12.4 Å². The molecule has 1 aliphatic heterocycles. The number of benzene rings is 1. The predicted octanol–water partition coefficient (Wildman–Crippen LogP) is 4.21. The number of ether oxygens (including phenoxy) is 1. The first kappa shape index (κ1) is 19.0. The third-order valence-electron chi connectivity index (χ3n) is 4.03. The molecule has 0 bridgehead atoms. The number of fused-ring (bicyclic) bond motifs is 1. The lowest BCUT2D eigenvalue weighted by molar-refractivity contribution is 0.224. The molecule has 1 aromatic rings. The quantitative estimate of drug-likeness (QED) is 0.701. The molecule has 22 heavy (non-hydrogen) atoms. The van der Waals surface area contributed by atoms with E-state index in [-0.39, 0.29) is 29.9 Å². The number of unbranched alkanes of at least 4 members (excludes halogenated alkanes) is 5. The zero-order valence-corrected chi connectivity index (χ0v) is 14.1. The highest BCUT2D eigenvalue weighted by Crippen LogP contribution is 2.34. The molecular formula is C17H27ClFNO2. The van der Waals surface area contributed by atoms with Gasteiger partial charge in [0.2, 0.25) is 0 Å². The van der Waals surface area contributed by atoms with E-state index < -0.39 is 5.82 Å². The Balaban J connectivity index is 0.00000242. The van der Waals surface area contributed by atoms with Crippen molar-refractivity contribution in [3.8, 4) is 11.5 Å². The molecule has 1 unspecified atom stereocenters. The summed E-state index contributed by atoms with van der Waals surface area (Å²) in [5.74, 6) is -0.0535. The molecule has 0 aliphatic carbocycles. The molecule has 1 atom stereocenters. The maximum absolute atomic E-state index is 13.6. The molecule has 0 fully saturated rings. The molecule has 0 amide bonds. The van der Waals surface area contributed by atoms with Gasteiger partial charge in [-0.3, -0.25) is 0 Å². The van der Waals surface area contributed by atoms with Crippen LogP contribution in [0.3, 0.4) is 0 Å². The van der Waals surface area contributed by atoms with Crippen molar-refractivity contribution < 1.29 is 14.2 Å². The van der Waals surface area contributed by atoms with E-state index >= 15 is 0 Å². The van der Waals surface area contributed by atoms with Crippen molar-refractivity contribution >= 4 is 12.4 Å². The van der Waals surface area contributed by atoms with Gasteiger partial charge in [0.25, 0.3) is 0 Å². The minimum atomic E-state index is -0.392. The Kier molecular flexibility index (Phi) is 8.57. The monoisotopic (exact) mass is 331 g/mol. The number of nitrogens with one attached hydrogen (secondary N) is 1. The highest BCUT2D eigenvalue weighted by molar-refractivity contribution is 5.85. The van der Waals surface area contributed by atoms with E-state index in [9.17, 15) is 9.50 Å². The lowest BCUT2D eigenvalue weighted by atomic mass is 10.0. The SMILES string of the molecule is CCCCCCCCNC1COc2c(F)ccc(O)c2C1.Cl. The summed E-state index contributed by atoms with van der Waals surface area (Å²) in [5.41, 5.74) is 0.585. The molecule has 0 saturated carbocycles. The molecule has 126 valence electrons. The average molecular weight is 332 g/mol. The van der Waals surface area contributed by atoms with Crippen LogP contribution in [-0.4, -0.2) is 24.3 Å². The van der Waals surface area contributed by atoms with E-state index in [4.69, 9.17) is 4.74 Å². The predicted molar refractivity (Wildman–Crippen MR) is 89.7 cm³/mol. The summed E-state index contributed by atoms with van der Waals surface area (Å²) in [6.07, 6.45) is 8.24. The topological polar surface area (TPSA) is 41.5 Å². The van der Waals surface area contributed by atoms with Crippen LogP contribution < -0.4 is 10.1 Å². The molecule has 0 saturated heterocycles. The van der Waals surface area contributed by atoms with Gasteiger partial charge in [0.05, 0.1) is 0 Å². The van der Waals surface area contributed by atoms with Crippen LogP contribution in [0.25, 0.3) is 0 Å². The van der Waals surface area contributed by atoms with E-state index in [1.165, 1.54) is 44.2 Å². The summed E-state index contributed by atoms with van der Waals surface area (Å²) in [5, 5.41) is 13.3. The Bertz CT molecular complexity index is 457. The average Bonchev–Trinajstić information content (AvgIpc) is 2.50. The maximum atomic E-state index is 13.6. The fourth-order valence-electron chi connectivity index (χ4n) is 2.77. The number of hydrogen-bond donors (Lipinski definition) is 2. The van der Waals surface area contributed by atoms with Crippen LogP contribution >= 0.6 is 12.4 Å². The summed E-state index contributed by atoms with van der Waals surface area (Å²) >= 11 is 0. The number of phenolic OH excluding ortho intramolecular Hbond substituents is 1. The summed E-state index contributed by atoms with van der Waals surface area (Å²) < 4.78 is 19.0. The Morgan fingerprint density at radius 2 is 1.95 bits per heavy atom. The van der Waals surface area contributed by atoms with Gasteiger partial charge in [-0.05, 0) is 31.5 Å². The second-order valence-electron chi connectivity index (χ2n) is 5.81. The molecule has 0 aromatic heterocycles. The summed E-state index contributed by atoms with van der Waals surface area (Å²) in [4.78, 5) is 0. The van der Waals surface area contributed by atoms with Gasteiger partial charge in [-0.2, -0.15) is 0 Å². The Hall–Kier alpha value is -1.00. The smallest absolute Gasteiger partial charge is 0.165 e. The van der Waals surface area contributed by atoms with Crippen molar-refractivity contribution in [2.24, 2.45) is 0 Å². The standard InChI is InChI=1S/C17H26FNO2.ClH/c1-2-3-4-5-6-7-10-19-13-11-14-16(20)9-8-15(18)17(14)21-12-13;/h8-9,13,19-20H,2-7,10-12H2,1H3;1H. The van der Waals surface area contributed by atoms with Gasteiger partial charge >= 0.3 is 0 Å². The third-order valence-corrected chi connectivity index (χ3v) is 4.03. The van der Waals surface area contributed by atoms with E-state index in [2.05, 4.69) is 12.2 Å². The van der Waals surface area contributed by atoms with Crippen molar-refractivity contribution in [3.05, 3.63) is 23.5 Å². The van der Waals surface area contributed by atoms with Crippen LogP contribution in [0.5, 0.6) is 11.5 Å². The molecular weight excluding hydrogens is 305 g/mol. The van der Waals surface area contributed by atoms with Crippen LogP contribution in [0.4, 0.5) is 4.39 Å². The molecule has 2 rings (SSSR count). The van der Waals surface area contributed by atoms with Gasteiger partial charge < -0.3 is 15.2 Å². The lowest BCUT2D eigenvalue weighted by Crippen LogP contribution is -2.40. The Morgan fingerprint density at radius 3 is 2.73 bits per heavy atom. The molecule has 1 aromatic carbocycles. The van der Waals surface area contributed by atoms with Crippen LogP contribution in [-0.2, 0) is 6.42 Å². The largest absolute Gasteiger partial charge is 0.508 e. The first-order valence-electron chi connectivity index (χ1n) is 8.09. The fraction of sp³-hybridized carbons (Fsp3) is 0.647. The molecule has 2 N–H and O–H groups in total. The van der Waals surface area contributed by atoms with E-state index in [0.717, 1.165) is 13.0 Å². The van der Waals surface area contributed by atoms with Crippen molar-refractivity contribution in [1.82, 2.24) is 5.32 Å². The van der Waals surface area contributed by atoms with Gasteiger partial charge in [0.15, 0.2) is 11.6 Å². The molecule has 1 aliphatic rings. The van der Waals surface area contributed by atoms with Gasteiger partial charge in [-0.1, -0.05) is 39.0 Å². The lowest BCUT2D eigenvalue weighted by Gasteiger charge is -2.27. The number of halogens is 2. The minimum Gasteiger partial charge on any atom is -0.508 e. The minimum absolute atomic E-state index is 0. The molecule has 5 heteroatoms. The number of hydrogen-bond acceptors (Lipinski definition) is 3. The first-order chi connectivity index (χ1) is 10.2. The van der Waals surface area contributed by atoms with Crippen LogP contribution in [0.2, 0.25) is 0 Å². The summed E-state index contributed by atoms with van der Waals surface area (Å²) in [7, 11) is 0. The molecule has 0 radical (unpaired) electrons. The maximum Gasteiger partial charge on any atom is 0.165 e. The van der Waals surface area contributed by atoms with Crippen LogP contribution in [0.1, 0.15) is 51.0 Å². The fourth-order valence-corrected chi connectivity index (χ4v) is 2.77. The number of aromatic hydroxyl groups is 1. The van der Waals surface area contributed by atoms with E-state index in [1.54, 1.807) is 0 Å². The van der Waals surface area contributed by atoms with Crippen molar-refractivity contribution in [2.75, 3.05) is 13.2 Å². The van der Waals surface area contributed by atoms with Crippen molar-refractivity contribution in [3.63, 3.8) is 0 Å². The number of phenols is 1. The molecule has 1 heterocycles. The van der Waals surface area contributed by atoms with E-state index in [1.807, 2.05) is 0 Å². The second kappa shape index (κ2) is 9.90. The summed E-state index contributed by atoms with van der Waals surface area (Å²) in [6.45, 7) is 3.63. The normalized spacial score (nSPS) is 16.5. The van der Waals surface area contributed by atoms with E-state index in [0.29, 0.717) is 18.6 Å². The van der Waals surface area contributed by atoms with Gasteiger partial charge in [0, 0.05) is 11.6 Å². The first-order valence-corrected chi connectivity index (χ1v) is 8.09. The van der Waals surface area contributed by atoms with Crippen molar-refractivity contribution in [2.45, 2.75) is 57.9 Å². The Morgan fingerprint density at radius 1 is 1.23 bits per heavy atom. The van der Waals surface area contributed by atoms with Crippen molar-refractivity contribution in [1.29, 1.82) is 0 Å². The van der Waals surface area contributed by atoms with Crippen LogP contribution in [0, 0.1) is 5.82 Å². The number of rotatable bonds is 8. The zero-order valence-electron chi connectivity index (χ0n) is 13.2. The molecule has 3 nitrogen and oxygen atoms in total. The highest BCUT2D eigenvalue weighted by Gasteiger charge is 2.24. The van der Waals surface area contributed by atoms with Crippen LogP contribution in [0.15, 0.2) is 12.1 Å². The molecule has 0 spiro atoms. The zero-order chi connectivity index (χ0) is 15.1. The van der Waals surface area contributed by atoms with Gasteiger partial charge in [0.1, 0.15) is 12.4 Å². The highest BCUT2D eigenvalue weighted by atomic mass is 35.5. The summed E-state index contributed by atoms with van der Waals surface area (Å²) in [6, 6.07) is 2.80. The second-order valence-corrected chi connectivity index (χ2v) is 5.81. The Labute approximate surface area is 138 Å². The van der Waals surface area contributed by atoms with Gasteiger partial charge in [-0.25, -0.2) is 4.39 Å². The third kappa shape index (κ3) is 5.33.